The van der Waals surface area contributed by atoms with Gasteiger partial charge in [-0.1, -0.05) is 18.2 Å². The van der Waals surface area contributed by atoms with Gasteiger partial charge in [-0.3, -0.25) is 4.84 Å². The molecule has 1 aromatic rings. The molecule has 2 aliphatic rings. The molecule has 1 aromatic carbocycles. The van der Waals surface area contributed by atoms with Crippen molar-refractivity contribution in [3.05, 3.63) is 30.3 Å². The third-order valence-electron chi connectivity index (χ3n) is 3.00. The van der Waals surface area contributed by atoms with E-state index in [2.05, 4.69) is 0 Å². The Kier molecular flexibility index (Phi) is 2.29. The molecule has 0 amide bonds. The van der Waals surface area contributed by atoms with Crippen LogP contribution in [0, 0.1) is 0 Å². The minimum absolute atomic E-state index is 0.108. The van der Waals surface area contributed by atoms with Crippen LogP contribution < -0.4 is 5.06 Å². The largest absolute Gasteiger partial charge is 0.464 e. The Balaban J connectivity index is 1.90. The number of hydrogen-bond acceptors (Lipinski definition) is 4. The molecule has 0 unspecified atom stereocenters. The number of para-hydroxylation sites is 1. The number of hydrogen-bond donors (Lipinski definition) is 0. The van der Waals surface area contributed by atoms with Gasteiger partial charge < -0.3 is 4.74 Å². The molecule has 3 rings (SSSR count). The summed E-state index contributed by atoms with van der Waals surface area (Å²) < 4.78 is 5.13. The van der Waals surface area contributed by atoms with Gasteiger partial charge in [-0.05, 0) is 12.1 Å². The van der Waals surface area contributed by atoms with Crippen molar-refractivity contribution in [1.82, 2.24) is 0 Å². The van der Waals surface area contributed by atoms with Crippen molar-refractivity contribution >= 4 is 11.7 Å². The van der Waals surface area contributed by atoms with Gasteiger partial charge in [0.25, 0.3) is 0 Å². The first kappa shape index (κ1) is 9.66. The summed E-state index contributed by atoms with van der Waals surface area (Å²) in [5.41, 5.74) is 0.911. The lowest BCUT2D eigenvalue weighted by atomic mass is 10.1. The molecule has 2 aliphatic heterocycles. The second-order valence-corrected chi connectivity index (χ2v) is 4.10. The lowest BCUT2D eigenvalue weighted by Crippen LogP contribution is -2.37. The van der Waals surface area contributed by atoms with Crippen molar-refractivity contribution in [1.29, 1.82) is 0 Å². The Bertz CT molecular complexity index is 393. The van der Waals surface area contributed by atoms with Crippen molar-refractivity contribution < 1.29 is 14.4 Å². The Morgan fingerprint density at radius 1 is 1.25 bits per heavy atom. The molecule has 2 fully saturated rings. The fraction of sp³-hybridized carbons (Fsp3) is 0.417. The highest BCUT2D eigenvalue weighted by Gasteiger charge is 2.41. The van der Waals surface area contributed by atoms with Crippen LogP contribution in [-0.4, -0.2) is 24.7 Å². The minimum atomic E-state index is -0.283. The molecule has 0 radical (unpaired) electrons. The smallest absolute Gasteiger partial charge is 0.331 e. The van der Waals surface area contributed by atoms with E-state index in [9.17, 15) is 4.79 Å². The maximum atomic E-state index is 11.7. The average molecular weight is 219 g/mol. The van der Waals surface area contributed by atoms with Gasteiger partial charge in [0.1, 0.15) is 0 Å². The topological polar surface area (TPSA) is 38.8 Å². The Morgan fingerprint density at radius 2 is 2.06 bits per heavy atom. The van der Waals surface area contributed by atoms with Crippen LogP contribution in [-0.2, 0) is 14.4 Å². The molecule has 0 aromatic heterocycles. The summed E-state index contributed by atoms with van der Waals surface area (Å²) in [5.74, 6) is -0.177. The molecule has 0 N–H and O–H groups in total. The van der Waals surface area contributed by atoms with Crippen LogP contribution in [0.5, 0.6) is 0 Å². The summed E-state index contributed by atoms with van der Waals surface area (Å²) in [5, 5.41) is 1.69. The molecule has 4 nitrogen and oxygen atoms in total. The molecular formula is C12H13NO3. The summed E-state index contributed by atoms with van der Waals surface area (Å²) in [6.45, 7) is 0.475. The maximum Gasteiger partial charge on any atom is 0.331 e. The number of rotatable bonds is 1. The van der Waals surface area contributed by atoms with Crippen LogP contribution in [0.3, 0.4) is 0 Å². The zero-order chi connectivity index (χ0) is 11.0. The van der Waals surface area contributed by atoms with E-state index in [4.69, 9.17) is 9.57 Å². The molecule has 0 spiro atoms. The van der Waals surface area contributed by atoms with Gasteiger partial charge in [0, 0.05) is 12.8 Å². The van der Waals surface area contributed by atoms with E-state index in [0.717, 1.165) is 18.5 Å². The predicted octanol–water partition coefficient (Wildman–Crippen LogP) is 1.51. The standard InChI is InChI=1S/C12H13NO3/c14-12-11-8-10(6-7-15-12)16-13(11)9-4-2-1-3-5-9/h1-5,10-11H,6-8H2/t10-,11-/m0/s1. The van der Waals surface area contributed by atoms with E-state index in [1.165, 1.54) is 0 Å². The zero-order valence-corrected chi connectivity index (χ0v) is 8.83. The highest BCUT2D eigenvalue weighted by atomic mass is 16.7. The molecule has 16 heavy (non-hydrogen) atoms. The number of fused-ring (bicyclic) bond motifs is 2. The van der Waals surface area contributed by atoms with E-state index < -0.39 is 0 Å². The van der Waals surface area contributed by atoms with Crippen molar-refractivity contribution in [2.75, 3.05) is 11.7 Å². The molecule has 0 aliphatic carbocycles. The summed E-state index contributed by atoms with van der Waals surface area (Å²) in [6.07, 6.45) is 1.62. The van der Waals surface area contributed by atoms with E-state index in [-0.39, 0.29) is 18.1 Å². The first-order valence-electron chi connectivity index (χ1n) is 5.52. The number of cyclic esters (lactones) is 1. The van der Waals surface area contributed by atoms with Gasteiger partial charge in [-0.2, -0.15) is 0 Å². The Hall–Kier alpha value is -1.55. The van der Waals surface area contributed by atoms with E-state index in [1.807, 2.05) is 30.3 Å². The van der Waals surface area contributed by atoms with E-state index in [1.54, 1.807) is 5.06 Å². The summed E-state index contributed by atoms with van der Waals surface area (Å²) in [6, 6.07) is 9.39. The van der Waals surface area contributed by atoms with Gasteiger partial charge >= 0.3 is 5.97 Å². The van der Waals surface area contributed by atoms with Gasteiger partial charge in [-0.15, -0.1) is 0 Å². The van der Waals surface area contributed by atoms with Crippen LogP contribution in [0.25, 0.3) is 0 Å². The number of hydroxylamine groups is 1. The normalized spacial score (nSPS) is 28.8. The predicted molar refractivity (Wildman–Crippen MR) is 57.8 cm³/mol. The maximum absolute atomic E-state index is 11.7. The number of anilines is 1. The first-order chi connectivity index (χ1) is 7.84. The monoisotopic (exact) mass is 219 g/mol. The average Bonchev–Trinajstić information content (AvgIpc) is 2.65. The highest BCUT2D eigenvalue weighted by molar-refractivity contribution is 5.80. The Morgan fingerprint density at radius 3 is 2.88 bits per heavy atom. The van der Waals surface area contributed by atoms with E-state index in [0.29, 0.717) is 6.61 Å². The number of esters is 1. The number of carbonyl (C=O) groups is 1. The van der Waals surface area contributed by atoms with Crippen molar-refractivity contribution in [3.63, 3.8) is 0 Å². The van der Waals surface area contributed by atoms with Crippen LogP contribution in [0.4, 0.5) is 5.69 Å². The Labute approximate surface area is 93.7 Å². The summed E-state index contributed by atoms with van der Waals surface area (Å²) in [4.78, 5) is 17.5. The number of carbonyl (C=O) groups excluding carboxylic acids is 1. The molecule has 2 heterocycles. The summed E-state index contributed by atoms with van der Waals surface area (Å²) >= 11 is 0. The van der Waals surface area contributed by atoms with Gasteiger partial charge in [0.2, 0.25) is 0 Å². The third kappa shape index (κ3) is 1.55. The lowest BCUT2D eigenvalue weighted by molar-refractivity contribution is -0.146. The minimum Gasteiger partial charge on any atom is -0.464 e. The zero-order valence-electron chi connectivity index (χ0n) is 8.83. The van der Waals surface area contributed by atoms with Crippen LogP contribution in [0.1, 0.15) is 12.8 Å². The fourth-order valence-corrected chi connectivity index (χ4v) is 2.19. The lowest BCUT2D eigenvalue weighted by Gasteiger charge is -2.25. The number of benzene rings is 1. The first-order valence-corrected chi connectivity index (χ1v) is 5.52. The molecule has 2 bridgehead atoms. The number of ether oxygens (including phenoxy) is 1. The quantitative estimate of drug-likeness (QED) is 0.671. The van der Waals surface area contributed by atoms with Crippen LogP contribution in [0.2, 0.25) is 0 Å². The van der Waals surface area contributed by atoms with E-state index >= 15 is 0 Å². The molecule has 2 atom stereocenters. The number of nitrogens with zero attached hydrogens (tertiary/aromatic N) is 1. The van der Waals surface area contributed by atoms with Crippen molar-refractivity contribution in [2.24, 2.45) is 0 Å². The van der Waals surface area contributed by atoms with Crippen molar-refractivity contribution in [3.8, 4) is 0 Å². The highest BCUT2D eigenvalue weighted by Crippen LogP contribution is 2.31. The van der Waals surface area contributed by atoms with Gasteiger partial charge in [0.05, 0.1) is 18.4 Å². The van der Waals surface area contributed by atoms with Crippen LogP contribution >= 0.6 is 0 Å². The molecule has 0 saturated carbocycles. The summed E-state index contributed by atoms with van der Waals surface area (Å²) in [7, 11) is 0. The second kappa shape index (κ2) is 3.79. The molecule has 2 saturated heterocycles. The van der Waals surface area contributed by atoms with Gasteiger partial charge in [-0.25, -0.2) is 9.86 Å². The molecule has 4 heteroatoms. The fourth-order valence-electron chi connectivity index (χ4n) is 2.19. The van der Waals surface area contributed by atoms with Crippen LogP contribution in [0.15, 0.2) is 30.3 Å². The molecular weight excluding hydrogens is 206 g/mol. The van der Waals surface area contributed by atoms with Crippen molar-refractivity contribution in [2.45, 2.75) is 25.0 Å². The SMILES string of the molecule is O=C1OCC[C@H]2C[C@@H]1N(c1ccccc1)O2. The second-order valence-electron chi connectivity index (χ2n) is 4.10. The molecule has 84 valence electrons. The van der Waals surface area contributed by atoms with Gasteiger partial charge in [0.15, 0.2) is 6.04 Å². The third-order valence-corrected chi connectivity index (χ3v) is 3.00.